The van der Waals surface area contributed by atoms with E-state index in [4.69, 9.17) is 22.3 Å². The summed E-state index contributed by atoms with van der Waals surface area (Å²) in [4.78, 5) is 0. The van der Waals surface area contributed by atoms with Crippen LogP contribution in [0.2, 0.25) is 0 Å². The normalized spacial score (nSPS) is 8.95. The van der Waals surface area contributed by atoms with Gasteiger partial charge in [0, 0.05) is 22.5 Å². The summed E-state index contributed by atoms with van der Waals surface area (Å²) < 4.78 is 0. The monoisotopic (exact) mass is 325 g/mol. The van der Waals surface area contributed by atoms with Crippen molar-refractivity contribution >= 4 is 47.9 Å². The lowest BCUT2D eigenvalue weighted by Gasteiger charge is -2.08. The highest BCUT2D eigenvalue weighted by atomic mass is 35.5. The van der Waals surface area contributed by atoms with Crippen LogP contribution >= 0.6 is 24.8 Å². The first-order valence-corrected chi connectivity index (χ1v) is 5.72. The Balaban J connectivity index is 0.00000200. The Kier molecular flexibility index (Phi) is 7.27. The summed E-state index contributed by atoms with van der Waals surface area (Å²) in [5.41, 5.74) is 14.0. The molecule has 5 nitrogen and oxygen atoms in total. The fraction of sp³-hybridized carbons (Fsp3) is 0. The maximum Gasteiger partial charge on any atom is 0.122 e. The molecule has 0 heterocycles. The van der Waals surface area contributed by atoms with Crippen molar-refractivity contribution in [1.82, 2.24) is 0 Å². The molecule has 112 valence electrons. The number of hydrogen-bond donors (Lipinski definition) is 5. The molecule has 0 aliphatic carbocycles. The molecule has 0 spiro atoms. The fourth-order valence-corrected chi connectivity index (χ4v) is 1.63. The quantitative estimate of drug-likeness (QED) is 0.440. The Bertz CT molecular complexity index is 553. The number of rotatable bonds is 4. The molecule has 0 amide bonds. The van der Waals surface area contributed by atoms with Crippen LogP contribution in [0.1, 0.15) is 11.1 Å². The molecule has 0 aliphatic heterocycles. The predicted octanol–water partition coefficient (Wildman–Crippen LogP) is 2.84. The molecular weight excluding hydrogens is 309 g/mol. The van der Waals surface area contributed by atoms with Crippen LogP contribution in [-0.2, 0) is 0 Å². The number of nitrogen functional groups attached to an aromatic ring is 2. The van der Waals surface area contributed by atoms with Crippen molar-refractivity contribution in [1.29, 1.82) is 10.8 Å². The Morgan fingerprint density at radius 1 is 0.667 bits per heavy atom. The van der Waals surface area contributed by atoms with E-state index in [1.807, 2.05) is 24.3 Å². The maximum atomic E-state index is 7.32. The van der Waals surface area contributed by atoms with Crippen molar-refractivity contribution < 1.29 is 0 Å². The zero-order chi connectivity index (χ0) is 13.8. The van der Waals surface area contributed by atoms with Crippen LogP contribution in [0.5, 0.6) is 0 Å². The van der Waals surface area contributed by atoms with Crippen LogP contribution in [0.15, 0.2) is 48.5 Å². The summed E-state index contributed by atoms with van der Waals surface area (Å²) in [6, 6.07) is 14.6. The molecule has 0 saturated carbocycles. The van der Waals surface area contributed by atoms with Gasteiger partial charge in [-0.1, -0.05) is 0 Å². The molecule has 2 rings (SSSR count). The fourth-order valence-electron chi connectivity index (χ4n) is 1.63. The first kappa shape index (κ1) is 18.8. The molecule has 0 radical (unpaired) electrons. The number of anilines is 2. The molecule has 0 aliphatic rings. The van der Waals surface area contributed by atoms with Gasteiger partial charge in [0.2, 0.25) is 0 Å². The summed E-state index contributed by atoms with van der Waals surface area (Å²) in [6.45, 7) is 0. The highest BCUT2D eigenvalue weighted by molar-refractivity contribution is 5.96. The molecule has 2 aromatic rings. The van der Waals surface area contributed by atoms with E-state index in [-0.39, 0.29) is 36.5 Å². The zero-order valence-electron chi connectivity index (χ0n) is 11.1. The van der Waals surface area contributed by atoms with Gasteiger partial charge in [-0.2, -0.15) is 0 Å². The molecule has 0 fully saturated rings. The first-order chi connectivity index (χ1) is 9.06. The first-order valence-electron chi connectivity index (χ1n) is 5.72. The van der Waals surface area contributed by atoms with Crippen molar-refractivity contribution in [3.05, 3.63) is 59.7 Å². The van der Waals surface area contributed by atoms with E-state index in [9.17, 15) is 0 Å². The van der Waals surface area contributed by atoms with E-state index in [2.05, 4.69) is 5.32 Å². The average Bonchev–Trinajstić information content (AvgIpc) is 2.40. The Hall–Kier alpha value is -2.24. The molecule has 0 bridgehead atoms. The van der Waals surface area contributed by atoms with E-state index < -0.39 is 0 Å². The largest absolute Gasteiger partial charge is 0.384 e. The second-order valence-electron chi connectivity index (χ2n) is 4.11. The number of halogens is 2. The minimum absolute atomic E-state index is 0. The minimum Gasteiger partial charge on any atom is -0.384 e. The third-order valence-electron chi connectivity index (χ3n) is 2.68. The maximum absolute atomic E-state index is 7.32. The van der Waals surface area contributed by atoms with Gasteiger partial charge in [0.1, 0.15) is 11.7 Å². The van der Waals surface area contributed by atoms with Crippen LogP contribution in [-0.4, -0.2) is 11.7 Å². The molecular formula is C14H17Cl2N5. The lowest BCUT2D eigenvalue weighted by Crippen LogP contribution is -2.11. The van der Waals surface area contributed by atoms with Gasteiger partial charge in [0.15, 0.2) is 0 Å². The molecule has 0 saturated heterocycles. The van der Waals surface area contributed by atoms with Crippen LogP contribution in [0, 0.1) is 10.8 Å². The lowest BCUT2D eigenvalue weighted by atomic mass is 10.1. The van der Waals surface area contributed by atoms with E-state index in [1.54, 1.807) is 24.3 Å². The Morgan fingerprint density at radius 3 is 1.19 bits per heavy atom. The van der Waals surface area contributed by atoms with Gasteiger partial charge in [-0.15, -0.1) is 24.8 Å². The van der Waals surface area contributed by atoms with Crippen molar-refractivity contribution in [2.24, 2.45) is 11.5 Å². The number of benzene rings is 2. The van der Waals surface area contributed by atoms with E-state index in [0.717, 1.165) is 11.4 Å². The minimum atomic E-state index is 0. The Morgan fingerprint density at radius 2 is 0.952 bits per heavy atom. The van der Waals surface area contributed by atoms with Gasteiger partial charge >= 0.3 is 0 Å². The third-order valence-corrected chi connectivity index (χ3v) is 2.68. The molecule has 0 unspecified atom stereocenters. The van der Waals surface area contributed by atoms with Gasteiger partial charge in [-0.05, 0) is 48.5 Å². The summed E-state index contributed by atoms with van der Waals surface area (Å²) >= 11 is 0. The number of amidine groups is 2. The van der Waals surface area contributed by atoms with Crippen LogP contribution < -0.4 is 16.8 Å². The molecule has 7 heteroatoms. The zero-order valence-corrected chi connectivity index (χ0v) is 12.7. The number of nitrogens with two attached hydrogens (primary N) is 2. The number of hydrogen-bond acceptors (Lipinski definition) is 3. The van der Waals surface area contributed by atoms with Crippen molar-refractivity contribution in [3.63, 3.8) is 0 Å². The van der Waals surface area contributed by atoms with Crippen molar-refractivity contribution in [3.8, 4) is 0 Å². The topological polar surface area (TPSA) is 112 Å². The second kappa shape index (κ2) is 8.14. The standard InChI is InChI=1S/C14H15N5.2ClH/c15-13(16)9-1-5-11(6-2-9)19-12-7-3-10(4-8-12)14(17)18;;/h1-8,19H,(H3,15,16)(H3,17,18);2*1H. The average molecular weight is 326 g/mol. The van der Waals surface area contributed by atoms with Gasteiger partial charge in [-0.25, -0.2) is 0 Å². The Labute approximate surface area is 135 Å². The second-order valence-corrected chi connectivity index (χ2v) is 4.11. The SMILES string of the molecule is Cl.Cl.N=C(N)c1ccc(Nc2ccc(C(=N)N)cc2)cc1. The van der Waals surface area contributed by atoms with Crippen LogP contribution in [0.3, 0.4) is 0 Å². The van der Waals surface area contributed by atoms with Crippen LogP contribution in [0.4, 0.5) is 11.4 Å². The summed E-state index contributed by atoms with van der Waals surface area (Å²) in [5.74, 6) is 0.106. The molecule has 21 heavy (non-hydrogen) atoms. The van der Waals surface area contributed by atoms with Gasteiger partial charge in [-0.3, -0.25) is 10.8 Å². The third kappa shape index (κ3) is 4.98. The summed E-state index contributed by atoms with van der Waals surface area (Å²) in [7, 11) is 0. The summed E-state index contributed by atoms with van der Waals surface area (Å²) in [5, 5.41) is 17.8. The van der Waals surface area contributed by atoms with Crippen LogP contribution in [0.25, 0.3) is 0 Å². The van der Waals surface area contributed by atoms with Crippen molar-refractivity contribution in [2.45, 2.75) is 0 Å². The highest BCUT2D eigenvalue weighted by Crippen LogP contribution is 2.17. The smallest absolute Gasteiger partial charge is 0.122 e. The highest BCUT2D eigenvalue weighted by Gasteiger charge is 1.99. The van der Waals surface area contributed by atoms with E-state index in [1.165, 1.54) is 0 Å². The molecule has 2 aromatic carbocycles. The predicted molar refractivity (Wildman–Crippen MR) is 92.7 cm³/mol. The van der Waals surface area contributed by atoms with Gasteiger partial charge < -0.3 is 16.8 Å². The van der Waals surface area contributed by atoms with Gasteiger partial charge in [0.25, 0.3) is 0 Å². The summed E-state index contributed by atoms with van der Waals surface area (Å²) in [6.07, 6.45) is 0. The number of nitrogens with one attached hydrogen (secondary N) is 3. The lowest BCUT2D eigenvalue weighted by molar-refractivity contribution is 1.41. The van der Waals surface area contributed by atoms with Crippen molar-refractivity contribution in [2.75, 3.05) is 5.32 Å². The van der Waals surface area contributed by atoms with E-state index >= 15 is 0 Å². The molecule has 0 atom stereocenters. The van der Waals surface area contributed by atoms with E-state index in [0.29, 0.717) is 11.1 Å². The molecule has 0 aromatic heterocycles. The molecule has 7 N–H and O–H groups in total. The van der Waals surface area contributed by atoms with Gasteiger partial charge in [0.05, 0.1) is 0 Å².